The smallest absolute Gasteiger partial charge is 0.162 e. The summed E-state index contributed by atoms with van der Waals surface area (Å²) in [7, 11) is 0. The zero-order valence-electron chi connectivity index (χ0n) is 8.87. The fraction of sp³-hybridized carbons (Fsp3) is 0.182. The third-order valence-corrected chi connectivity index (χ3v) is 1.87. The van der Waals surface area contributed by atoms with E-state index in [1.807, 2.05) is 0 Å². The Morgan fingerprint density at radius 1 is 1.47 bits per heavy atom. The van der Waals surface area contributed by atoms with Crippen molar-refractivity contribution in [3.05, 3.63) is 45.3 Å². The van der Waals surface area contributed by atoms with Crippen LogP contribution < -0.4 is 0 Å². The zero-order chi connectivity index (χ0) is 12.8. The Morgan fingerprint density at radius 2 is 2.18 bits per heavy atom. The van der Waals surface area contributed by atoms with E-state index >= 15 is 0 Å². The first kappa shape index (κ1) is 12.7. The number of benzene rings is 1. The van der Waals surface area contributed by atoms with Crippen molar-refractivity contribution in [3.8, 4) is 11.8 Å². The SMILES string of the molecule is CC(=O)c1cc(C#CCN=[N+]=[N-])c(F)cc1F. The Bertz CT molecular complexity index is 566. The number of carbonyl (C=O) groups excluding carboxylic acids is 1. The molecule has 0 amide bonds. The average molecular weight is 235 g/mol. The molecule has 6 heteroatoms. The number of rotatable bonds is 2. The lowest BCUT2D eigenvalue weighted by Gasteiger charge is -2.00. The number of ketones is 1. The monoisotopic (exact) mass is 235 g/mol. The lowest BCUT2D eigenvalue weighted by Crippen LogP contribution is -2.00. The Kier molecular flexibility index (Phi) is 4.21. The highest BCUT2D eigenvalue weighted by Gasteiger charge is 2.11. The number of halogens is 2. The van der Waals surface area contributed by atoms with Crippen molar-refractivity contribution in [1.29, 1.82) is 0 Å². The van der Waals surface area contributed by atoms with Gasteiger partial charge in [0.1, 0.15) is 11.6 Å². The number of hydrogen-bond donors (Lipinski definition) is 0. The van der Waals surface area contributed by atoms with Crippen molar-refractivity contribution in [3.63, 3.8) is 0 Å². The molecule has 0 heterocycles. The molecule has 86 valence electrons. The number of hydrogen-bond acceptors (Lipinski definition) is 2. The maximum atomic E-state index is 13.2. The van der Waals surface area contributed by atoms with Crippen molar-refractivity contribution in [2.75, 3.05) is 6.54 Å². The maximum Gasteiger partial charge on any atom is 0.162 e. The topological polar surface area (TPSA) is 65.8 Å². The predicted molar refractivity (Wildman–Crippen MR) is 57.3 cm³/mol. The minimum absolute atomic E-state index is 0.107. The third-order valence-electron chi connectivity index (χ3n) is 1.87. The van der Waals surface area contributed by atoms with Crippen molar-refractivity contribution in [2.45, 2.75) is 6.92 Å². The summed E-state index contributed by atoms with van der Waals surface area (Å²) in [4.78, 5) is 13.5. The zero-order valence-corrected chi connectivity index (χ0v) is 8.87. The van der Waals surface area contributed by atoms with Crippen LogP contribution in [0.15, 0.2) is 17.2 Å². The van der Waals surface area contributed by atoms with Crippen LogP contribution in [0.3, 0.4) is 0 Å². The van der Waals surface area contributed by atoms with Crippen LogP contribution in [0, 0.1) is 23.5 Å². The van der Waals surface area contributed by atoms with Gasteiger partial charge in [0, 0.05) is 11.0 Å². The van der Waals surface area contributed by atoms with Gasteiger partial charge in [-0.25, -0.2) is 8.78 Å². The van der Waals surface area contributed by atoms with Gasteiger partial charge in [-0.2, -0.15) is 0 Å². The van der Waals surface area contributed by atoms with Crippen LogP contribution in [-0.4, -0.2) is 12.3 Å². The summed E-state index contributed by atoms with van der Waals surface area (Å²) in [6.07, 6.45) is 0. The van der Waals surface area contributed by atoms with Crippen LogP contribution in [0.5, 0.6) is 0 Å². The summed E-state index contributed by atoms with van der Waals surface area (Å²) in [5, 5.41) is 3.14. The molecule has 1 aromatic rings. The molecule has 0 saturated carbocycles. The van der Waals surface area contributed by atoms with Crippen LogP contribution in [0.25, 0.3) is 10.4 Å². The normalized spacial score (nSPS) is 8.88. The van der Waals surface area contributed by atoms with Gasteiger partial charge in [0.25, 0.3) is 0 Å². The van der Waals surface area contributed by atoms with Crippen LogP contribution in [-0.2, 0) is 0 Å². The Balaban J connectivity index is 3.14. The molecule has 1 rings (SSSR count). The van der Waals surface area contributed by atoms with Gasteiger partial charge in [0.2, 0.25) is 0 Å². The molecular formula is C11H7F2N3O. The first-order valence-electron chi connectivity index (χ1n) is 4.56. The summed E-state index contributed by atoms with van der Waals surface area (Å²) in [5.41, 5.74) is 7.66. The highest BCUT2D eigenvalue weighted by atomic mass is 19.1. The second-order valence-corrected chi connectivity index (χ2v) is 3.06. The fourth-order valence-electron chi connectivity index (χ4n) is 1.12. The molecule has 0 radical (unpaired) electrons. The van der Waals surface area contributed by atoms with Crippen molar-refractivity contribution < 1.29 is 13.6 Å². The molecular weight excluding hydrogens is 228 g/mol. The number of nitrogens with zero attached hydrogens (tertiary/aromatic N) is 3. The van der Waals surface area contributed by atoms with Crippen molar-refractivity contribution in [2.24, 2.45) is 5.11 Å². The van der Waals surface area contributed by atoms with Gasteiger partial charge in [-0.05, 0) is 18.5 Å². The number of azide groups is 1. The lowest BCUT2D eigenvalue weighted by molar-refractivity contribution is 0.101. The summed E-state index contributed by atoms with van der Waals surface area (Å²) < 4.78 is 26.4. The minimum Gasteiger partial charge on any atom is -0.294 e. The fourth-order valence-corrected chi connectivity index (χ4v) is 1.12. The van der Waals surface area contributed by atoms with E-state index in [9.17, 15) is 13.6 Å². The van der Waals surface area contributed by atoms with E-state index in [1.165, 1.54) is 6.92 Å². The molecule has 1 aromatic carbocycles. The van der Waals surface area contributed by atoms with Gasteiger partial charge >= 0.3 is 0 Å². The molecule has 0 atom stereocenters. The Labute approximate surface area is 95.9 Å². The third kappa shape index (κ3) is 3.30. The molecule has 17 heavy (non-hydrogen) atoms. The van der Waals surface area contributed by atoms with Crippen LogP contribution in [0.2, 0.25) is 0 Å². The van der Waals surface area contributed by atoms with Gasteiger partial charge in [-0.15, -0.1) is 0 Å². The molecule has 0 N–H and O–H groups in total. The first-order chi connectivity index (χ1) is 8.06. The Hall–Kier alpha value is -2.38. The van der Waals surface area contributed by atoms with E-state index in [0.717, 1.165) is 6.07 Å². The van der Waals surface area contributed by atoms with Gasteiger partial charge < -0.3 is 0 Å². The highest BCUT2D eigenvalue weighted by molar-refractivity contribution is 5.94. The molecule has 0 aromatic heterocycles. The van der Waals surface area contributed by atoms with E-state index < -0.39 is 17.4 Å². The number of Topliss-reactive ketones (excluding diaryl/α,β-unsaturated/α-hetero) is 1. The predicted octanol–water partition coefficient (Wildman–Crippen LogP) is 2.83. The second-order valence-electron chi connectivity index (χ2n) is 3.06. The van der Waals surface area contributed by atoms with E-state index in [0.29, 0.717) is 6.07 Å². The molecule has 0 spiro atoms. The summed E-state index contributed by atoms with van der Waals surface area (Å²) >= 11 is 0. The van der Waals surface area contributed by atoms with E-state index in [1.54, 1.807) is 0 Å². The molecule has 0 fully saturated rings. The highest BCUT2D eigenvalue weighted by Crippen LogP contribution is 2.14. The lowest BCUT2D eigenvalue weighted by atomic mass is 10.1. The van der Waals surface area contributed by atoms with Gasteiger partial charge in [-0.3, -0.25) is 4.79 Å². The quantitative estimate of drug-likeness (QED) is 0.255. The molecule has 0 aliphatic rings. The largest absolute Gasteiger partial charge is 0.294 e. The van der Waals surface area contributed by atoms with Gasteiger partial charge in [0.15, 0.2) is 5.78 Å². The molecule has 4 nitrogen and oxygen atoms in total. The molecule has 0 aliphatic heterocycles. The van der Waals surface area contributed by atoms with Gasteiger partial charge in [0.05, 0.1) is 17.7 Å². The Morgan fingerprint density at radius 3 is 2.76 bits per heavy atom. The summed E-state index contributed by atoms with van der Waals surface area (Å²) in [6, 6.07) is 1.64. The van der Waals surface area contributed by atoms with Crippen LogP contribution in [0.1, 0.15) is 22.8 Å². The maximum absolute atomic E-state index is 13.2. The first-order valence-corrected chi connectivity index (χ1v) is 4.56. The molecule has 0 bridgehead atoms. The summed E-state index contributed by atoms with van der Waals surface area (Å²) in [5.74, 6) is 2.45. The summed E-state index contributed by atoms with van der Waals surface area (Å²) in [6.45, 7) is 1.05. The van der Waals surface area contributed by atoms with E-state index in [2.05, 4.69) is 21.9 Å². The van der Waals surface area contributed by atoms with Crippen molar-refractivity contribution in [1.82, 2.24) is 0 Å². The van der Waals surface area contributed by atoms with Crippen molar-refractivity contribution >= 4 is 5.78 Å². The average Bonchev–Trinajstić information content (AvgIpc) is 2.26. The number of carbonyl (C=O) groups is 1. The molecule has 0 unspecified atom stereocenters. The van der Waals surface area contributed by atoms with Crippen LogP contribution in [0.4, 0.5) is 8.78 Å². The van der Waals surface area contributed by atoms with E-state index in [-0.39, 0.29) is 17.7 Å². The molecule has 0 aliphatic carbocycles. The van der Waals surface area contributed by atoms with E-state index in [4.69, 9.17) is 5.53 Å². The van der Waals surface area contributed by atoms with Gasteiger partial charge in [-0.1, -0.05) is 17.0 Å². The minimum atomic E-state index is -0.921. The second kappa shape index (κ2) is 5.64. The molecule has 0 saturated heterocycles. The standard InChI is InChI=1S/C11H7F2N3O/c1-7(17)9-5-8(3-2-4-15-16-14)10(12)6-11(9)13/h5-6H,4H2,1H3. The van der Waals surface area contributed by atoms with Crippen LogP contribution >= 0.6 is 0 Å².